The first kappa shape index (κ1) is 12.0. The highest BCUT2D eigenvalue weighted by Crippen LogP contribution is 2.28. The van der Waals surface area contributed by atoms with E-state index < -0.39 is 0 Å². The quantitative estimate of drug-likeness (QED) is 0.844. The number of carbonyl (C=O) groups excluding carboxylic acids is 1. The Bertz CT molecular complexity index is 426. The van der Waals surface area contributed by atoms with Gasteiger partial charge in [-0.2, -0.15) is 5.10 Å². The lowest BCUT2D eigenvalue weighted by Gasteiger charge is -2.27. The molecular formula is C12H20N4O. The molecule has 2 unspecified atom stereocenters. The molecule has 0 radical (unpaired) electrons. The van der Waals surface area contributed by atoms with Gasteiger partial charge in [0.05, 0.1) is 6.20 Å². The molecule has 2 atom stereocenters. The minimum Gasteiger partial charge on any atom is -0.383 e. The molecule has 1 amide bonds. The van der Waals surface area contributed by atoms with Crippen molar-refractivity contribution in [1.82, 2.24) is 14.7 Å². The van der Waals surface area contributed by atoms with E-state index in [4.69, 9.17) is 5.73 Å². The van der Waals surface area contributed by atoms with Crippen LogP contribution in [0.3, 0.4) is 0 Å². The average Bonchev–Trinajstić information content (AvgIpc) is 2.83. The maximum atomic E-state index is 12.5. The molecule has 1 aromatic heterocycles. The number of anilines is 1. The lowest BCUT2D eigenvalue weighted by molar-refractivity contribution is 0.0677. The standard InChI is InChI=1S/C12H20N4O/c1-4-9-6-5-8(2)16(9)12(17)10-7-14-15(3)11(10)13/h7-9H,4-6,13H2,1-3H3. The Kier molecular flexibility index (Phi) is 3.09. The SMILES string of the molecule is CCC1CCC(C)N1C(=O)c1cnn(C)c1N. The van der Waals surface area contributed by atoms with Crippen LogP contribution in [0.25, 0.3) is 0 Å². The van der Waals surface area contributed by atoms with E-state index in [9.17, 15) is 4.79 Å². The van der Waals surface area contributed by atoms with Gasteiger partial charge in [-0.15, -0.1) is 0 Å². The van der Waals surface area contributed by atoms with Gasteiger partial charge in [0.15, 0.2) is 0 Å². The maximum absolute atomic E-state index is 12.5. The Labute approximate surface area is 102 Å². The van der Waals surface area contributed by atoms with Gasteiger partial charge < -0.3 is 10.6 Å². The number of amides is 1. The van der Waals surface area contributed by atoms with Crippen molar-refractivity contribution in [2.75, 3.05) is 5.73 Å². The van der Waals surface area contributed by atoms with Gasteiger partial charge in [0.2, 0.25) is 0 Å². The molecule has 1 aromatic rings. The summed E-state index contributed by atoms with van der Waals surface area (Å²) in [5.41, 5.74) is 6.38. The number of nitrogens with zero attached hydrogens (tertiary/aromatic N) is 3. The average molecular weight is 236 g/mol. The molecule has 2 heterocycles. The van der Waals surface area contributed by atoms with Gasteiger partial charge in [-0.1, -0.05) is 6.92 Å². The molecule has 1 fully saturated rings. The third-order valence-electron chi connectivity index (χ3n) is 3.71. The Balaban J connectivity index is 2.27. The Morgan fingerprint density at radius 3 is 2.82 bits per heavy atom. The molecule has 2 rings (SSSR count). The topological polar surface area (TPSA) is 64.2 Å². The van der Waals surface area contributed by atoms with Gasteiger partial charge in [0.1, 0.15) is 11.4 Å². The summed E-state index contributed by atoms with van der Waals surface area (Å²) in [5.74, 6) is 0.469. The van der Waals surface area contributed by atoms with Crippen molar-refractivity contribution < 1.29 is 4.79 Å². The largest absolute Gasteiger partial charge is 0.383 e. The Morgan fingerprint density at radius 2 is 2.29 bits per heavy atom. The highest BCUT2D eigenvalue weighted by Gasteiger charge is 2.34. The predicted molar refractivity (Wildman–Crippen MR) is 66.6 cm³/mol. The third-order valence-corrected chi connectivity index (χ3v) is 3.71. The fraction of sp³-hybridized carbons (Fsp3) is 0.667. The van der Waals surface area contributed by atoms with Gasteiger partial charge in [-0.25, -0.2) is 0 Å². The van der Waals surface area contributed by atoms with Gasteiger partial charge in [-0.05, 0) is 26.2 Å². The van der Waals surface area contributed by atoms with Crippen molar-refractivity contribution in [2.24, 2.45) is 7.05 Å². The summed E-state index contributed by atoms with van der Waals surface area (Å²) < 4.78 is 1.54. The Hall–Kier alpha value is -1.52. The first-order chi connectivity index (χ1) is 8.06. The Morgan fingerprint density at radius 1 is 1.59 bits per heavy atom. The van der Waals surface area contributed by atoms with Crippen LogP contribution in [-0.2, 0) is 7.05 Å². The van der Waals surface area contributed by atoms with Crippen LogP contribution in [0.5, 0.6) is 0 Å². The normalized spacial score (nSPS) is 24.3. The van der Waals surface area contributed by atoms with E-state index in [2.05, 4.69) is 18.9 Å². The molecular weight excluding hydrogens is 216 g/mol. The molecule has 0 aromatic carbocycles. The van der Waals surface area contributed by atoms with Crippen molar-refractivity contribution in [2.45, 2.75) is 45.2 Å². The van der Waals surface area contributed by atoms with E-state index in [1.807, 2.05) is 4.90 Å². The number of likely N-dealkylation sites (tertiary alicyclic amines) is 1. The van der Waals surface area contributed by atoms with E-state index in [0.29, 0.717) is 23.5 Å². The summed E-state index contributed by atoms with van der Waals surface area (Å²) in [6.45, 7) is 4.22. The van der Waals surface area contributed by atoms with Crippen molar-refractivity contribution in [1.29, 1.82) is 0 Å². The van der Waals surface area contributed by atoms with Crippen molar-refractivity contribution in [3.8, 4) is 0 Å². The highest BCUT2D eigenvalue weighted by atomic mass is 16.2. The number of rotatable bonds is 2. The van der Waals surface area contributed by atoms with Gasteiger partial charge in [-0.3, -0.25) is 9.48 Å². The number of hydrogen-bond acceptors (Lipinski definition) is 3. The molecule has 1 saturated heterocycles. The first-order valence-electron chi connectivity index (χ1n) is 6.16. The summed E-state index contributed by atoms with van der Waals surface area (Å²) in [6, 6.07) is 0.643. The van der Waals surface area contributed by atoms with Crippen LogP contribution in [0.15, 0.2) is 6.20 Å². The van der Waals surface area contributed by atoms with Gasteiger partial charge in [0, 0.05) is 19.1 Å². The molecule has 1 aliphatic rings. The molecule has 0 bridgehead atoms. The summed E-state index contributed by atoms with van der Waals surface area (Å²) in [5, 5.41) is 4.03. The fourth-order valence-corrected chi connectivity index (χ4v) is 2.59. The minimum atomic E-state index is 0.0208. The molecule has 17 heavy (non-hydrogen) atoms. The second-order valence-corrected chi connectivity index (χ2v) is 4.77. The number of nitrogen functional groups attached to an aromatic ring is 1. The summed E-state index contributed by atoms with van der Waals surface area (Å²) in [7, 11) is 1.75. The molecule has 5 nitrogen and oxygen atoms in total. The van der Waals surface area contributed by atoms with Crippen molar-refractivity contribution in [3.05, 3.63) is 11.8 Å². The van der Waals surface area contributed by atoms with Crippen LogP contribution in [0.2, 0.25) is 0 Å². The van der Waals surface area contributed by atoms with Crippen LogP contribution < -0.4 is 5.73 Å². The van der Waals surface area contributed by atoms with Gasteiger partial charge in [0.25, 0.3) is 5.91 Å². The molecule has 0 saturated carbocycles. The monoisotopic (exact) mass is 236 g/mol. The highest BCUT2D eigenvalue weighted by molar-refractivity contribution is 5.98. The molecule has 1 aliphatic heterocycles. The predicted octanol–water partition coefficient (Wildman–Crippen LogP) is 1.41. The molecule has 0 spiro atoms. The lowest BCUT2D eigenvalue weighted by atomic mass is 10.1. The van der Waals surface area contributed by atoms with Crippen LogP contribution in [-0.4, -0.2) is 32.7 Å². The molecule has 0 aliphatic carbocycles. The van der Waals surface area contributed by atoms with E-state index in [-0.39, 0.29) is 5.91 Å². The second kappa shape index (κ2) is 4.39. The first-order valence-corrected chi connectivity index (χ1v) is 6.16. The van der Waals surface area contributed by atoms with Gasteiger partial charge >= 0.3 is 0 Å². The number of aryl methyl sites for hydroxylation is 1. The number of carbonyl (C=O) groups is 1. The minimum absolute atomic E-state index is 0.0208. The smallest absolute Gasteiger partial charge is 0.259 e. The molecule has 94 valence electrons. The van der Waals surface area contributed by atoms with E-state index in [0.717, 1.165) is 19.3 Å². The van der Waals surface area contributed by atoms with Crippen molar-refractivity contribution in [3.63, 3.8) is 0 Å². The van der Waals surface area contributed by atoms with E-state index in [1.165, 1.54) is 4.68 Å². The number of aromatic nitrogens is 2. The fourth-order valence-electron chi connectivity index (χ4n) is 2.59. The molecule has 5 heteroatoms. The summed E-state index contributed by atoms with van der Waals surface area (Å²) >= 11 is 0. The van der Waals surface area contributed by atoms with Crippen LogP contribution in [0.1, 0.15) is 43.5 Å². The second-order valence-electron chi connectivity index (χ2n) is 4.77. The number of hydrogen-bond donors (Lipinski definition) is 1. The zero-order chi connectivity index (χ0) is 12.6. The zero-order valence-corrected chi connectivity index (χ0v) is 10.7. The summed E-state index contributed by atoms with van der Waals surface area (Å²) in [4.78, 5) is 14.4. The van der Waals surface area contributed by atoms with Crippen LogP contribution in [0, 0.1) is 0 Å². The van der Waals surface area contributed by atoms with E-state index >= 15 is 0 Å². The summed E-state index contributed by atoms with van der Waals surface area (Å²) in [6.07, 6.45) is 4.72. The van der Waals surface area contributed by atoms with Crippen LogP contribution in [0.4, 0.5) is 5.82 Å². The van der Waals surface area contributed by atoms with Crippen molar-refractivity contribution >= 4 is 11.7 Å². The maximum Gasteiger partial charge on any atom is 0.259 e. The number of nitrogens with two attached hydrogens (primary N) is 1. The van der Waals surface area contributed by atoms with Crippen LogP contribution >= 0.6 is 0 Å². The van der Waals surface area contributed by atoms with E-state index in [1.54, 1.807) is 13.2 Å². The third kappa shape index (κ3) is 1.90. The zero-order valence-electron chi connectivity index (χ0n) is 10.7. The lowest BCUT2D eigenvalue weighted by Crippen LogP contribution is -2.39. The molecule has 2 N–H and O–H groups in total.